The molecule has 2 rings (SSSR count). The Labute approximate surface area is 118 Å². The van der Waals surface area contributed by atoms with Crippen molar-refractivity contribution in [2.45, 2.75) is 6.61 Å². The molecule has 0 aliphatic carbocycles. The third kappa shape index (κ3) is 3.01. The van der Waals surface area contributed by atoms with Gasteiger partial charge in [-0.1, -0.05) is 18.2 Å². The van der Waals surface area contributed by atoms with Gasteiger partial charge in [0.15, 0.2) is 11.5 Å². The van der Waals surface area contributed by atoms with Gasteiger partial charge in [-0.25, -0.2) is 0 Å². The molecule has 0 heterocycles. The van der Waals surface area contributed by atoms with E-state index in [1.807, 2.05) is 30.3 Å². The average Bonchev–Trinajstić information content (AvgIpc) is 2.52. The second kappa shape index (κ2) is 6.48. The third-order valence-electron chi connectivity index (χ3n) is 2.85. The maximum Gasteiger partial charge on any atom is 0.203 e. The highest BCUT2D eigenvalue weighted by molar-refractivity contribution is 5.51. The van der Waals surface area contributed by atoms with Crippen molar-refractivity contribution in [3.05, 3.63) is 53.6 Å². The summed E-state index contributed by atoms with van der Waals surface area (Å²) >= 11 is 0. The van der Waals surface area contributed by atoms with Crippen LogP contribution in [0.5, 0.6) is 17.2 Å². The molecule has 0 amide bonds. The van der Waals surface area contributed by atoms with Crippen LogP contribution in [0.25, 0.3) is 0 Å². The molecule has 0 aliphatic rings. The summed E-state index contributed by atoms with van der Waals surface area (Å²) in [4.78, 5) is 0. The van der Waals surface area contributed by atoms with Crippen LogP contribution in [0.4, 0.5) is 0 Å². The van der Waals surface area contributed by atoms with E-state index in [2.05, 4.69) is 6.07 Å². The number of nitrogens with zero attached hydrogens (tertiary/aromatic N) is 1. The fourth-order valence-electron chi connectivity index (χ4n) is 1.79. The standard InChI is InChI=1S/C16H15NO3/c1-18-14-4-3-5-15(19-2)16(14)20-11-13-8-6-12(10-17)7-9-13/h3-9H,11H2,1-2H3. The maximum atomic E-state index is 8.76. The number of hydrogen-bond acceptors (Lipinski definition) is 4. The molecule has 0 aromatic heterocycles. The number of hydrogen-bond donors (Lipinski definition) is 0. The first-order valence-corrected chi connectivity index (χ1v) is 6.11. The van der Waals surface area contributed by atoms with Gasteiger partial charge in [-0.3, -0.25) is 0 Å². The van der Waals surface area contributed by atoms with Crippen molar-refractivity contribution >= 4 is 0 Å². The van der Waals surface area contributed by atoms with Crippen molar-refractivity contribution in [1.29, 1.82) is 5.26 Å². The molecule has 0 N–H and O–H groups in total. The zero-order valence-corrected chi connectivity index (χ0v) is 11.4. The van der Waals surface area contributed by atoms with E-state index in [0.29, 0.717) is 29.4 Å². The van der Waals surface area contributed by atoms with Gasteiger partial charge in [-0.2, -0.15) is 5.26 Å². The molecule has 0 atom stereocenters. The fourth-order valence-corrected chi connectivity index (χ4v) is 1.79. The number of methoxy groups -OCH3 is 2. The van der Waals surface area contributed by atoms with E-state index in [0.717, 1.165) is 5.56 Å². The molecule has 20 heavy (non-hydrogen) atoms. The van der Waals surface area contributed by atoms with Crippen molar-refractivity contribution in [2.75, 3.05) is 14.2 Å². The van der Waals surface area contributed by atoms with E-state index < -0.39 is 0 Å². The first-order chi connectivity index (χ1) is 9.78. The van der Waals surface area contributed by atoms with E-state index in [4.69, 9.17) is 19.5 Å². The molecule has 2 aromatic carbocycles. The summed E-state index contributed by atoms with van der Waals surface area (Å²) in [6, 6.07) is 14.8. The van der Waals surface area contributed by atoms with Gasteiger partial charge in [-0.15, -0.1) is 0 Å². The molecule has 0 fully saturated rings. The van der Waals surface area contributed by atoms with Gasteiger partial charge in [0, 0.05) is 0 Å². The minimum atomic E-state index is 0.377. The third-order valence-corrected chi connectivity index (χ3v) is 2.85. The minimum Gasteiger partial charge on any atom is -0.493 e. The molecule has 4 nitrogen and oxygen atoms in total. The van der Waals surface area contributed by atoms with Crippen molar-refractivity contribution in [3.8, 4) is 23.3 Å². The quantitative estimate of drug-likeness (QED) is 0.836. The minimum absolute atomic E-state index is 0.377. The van der Waals surface area contributed by atoms with Crippen LogP contribution in [0.1, 0.15) is 11.1 Å². The summed E-state index contributed by atoms with van der Waals surface area (Å²) < 4.78 is 16.3. The van der Waals surface area contributed by atoms with Gasteiger partial charge in [0.25, 0.3) is 0 Å². The van der Waals surface area contributed by atoms with E-state index in [9.17, 15) is 0 Å². The number of benzene rings is 2. The summed E-state index contributed by atoms with van der Waals surface area (Å²) in [5.41, 5.74) is 1.60. The number of nitriles is 1. The monoisotopic (exact) mass is 269 g/mol. The number of para-hydroxylation sites is 1. The zero-order valence-electron chi connectivity index (χ0n) is 11.4. The molecular formula is C16H15NO3. The molecule has 0 aliphatic heterocycles. The van der Waals surface area contributed by atoms with Gasteiger partial charge in [0.05, 0.1) is 25.9 Å². The predicted molar refractivity (Wildman–Crippen MR) is 75.0 cm³/mol. The number of rotatable bonds is 5. The fraction of sp³-hybridized carbons (Fsp3) is 0.188. The summed E-state index contributed by atoms with van der Waals surface area (Å²) in [7, 11) is 3.17. The lowest BCUT2D eigenvalue weighted by Gasteiger charge is -2.14. The first-order valence-electron chi connectivity index (χ1n) is 6.11. The van der Waals surface area contributed by atoms with Crippen molar-refractivity contribution < 1.29 is 14.2 Å². The molecule has 0 radical (unpaired) electrons. The van der Waals surface area contributed by atoms with Crippen LogP contribution in [0, 0.1) is 11.3 Å². The van der Waals surface area contributed by atoms with Gasteiger partial charge < -0.3 is 14.2 Å². The summed E-state index contributed by atoms with van der Waals surface area (Å²) in [5, 5.41) is 8.76. The SMILES string of the molecule is COc1cccc(OC)c1OCc1ccc(C#N)cc1. The van der Waals surface area contributed by atoms with E-state index in [1.165, 1.54) is 0 Å². The predicted octanol–water partition coefficient (Wildman–Crippen LogP) is 3.15. The molecule has 0 saturated heterocycles. The topological polar surface area (TPSA) is 51.5 Å². The van der Waals surface area contributed by atoms with Gasteiger partial charge in [0.2, 0.25) is 5.75 Å². The molecule has 2 aromatic rings. The van der Waals surface area contributed by atoms with E-state index in [1.54, 1.807) is 26.4 Å². The molecule has 0 spiro atoms. The van der Waals surface area contributed by atoms with Gasteiger partial charge in [-0.05, 0) is 29.8 Å². The lowest BCUT2D eigenvalue weighted by Crippen LogP contribution is -2.00. The van der Waals surface area contributed by atoms with Crippen molar-refractivity contribution in [3.63, 3.8) is 0 Å². The van der Waals surface area contributed by atoms with Gasteiger partial charge >= 0.3 is 0 Å². The van der Waals surface area contributed by atoms with E-state index >= 15 is 0 Å². The highest BCUT2D eigenvalue weighted by atomic mass is 16.5. The highest BCUT2D eigenvalue weighted by Gasteiger charge is 2.11. The normalized spacial score (nSPS) is 9.65. The molecule has 4 heteroatoms. The first kappa shape index (κ1) is 13.8. The molecular weight excluding hydrogens is 254 g/mol. The highest BCUT2D eigenvalue weighted by Crippen LogP contribution is 2.37. The smallest absolute Gasteiger partial charge is 0.203 e. The van der Waals surface area contributed by atoms with Crippen molar-refractivity contribution in [2.24, 2.45) is 0 Å². The van der Waals surface area contributed by atoms with Crippen LogP contribution in [0.2, 0.25) is 0 Å². The Morgan fingerprint density at radius 3 is 2.05 bits per heavy atom. The van der Waals surface area contributed by atoms with Crippen LogP contribution in [-0.2, 0) is 6.61 Å². The Hall–Kier alpha value is -2.67. The number of ether oxygens (including phenoxy) is 3. The van der Waals surface area contributed by atoms with Crippen LogP contribution in [0.3, 0.4) is 0 Å². The van der Waals surface area contributed by atoms with Gasteiger partial charge in [0.1, 0.15) is 6.61 Å². The van der Waals surface area contributed by atoms with Crippen LogP contribution in [0.15, 0.2) is 42.5 Å². The second-order valence-corrected chi connectivity index (χ2v) is 4.09. The lowest BCUT2D eigenvalue weighted by molar-refractivity contribution is 0.266. The van der Waals surface area contributed by atoms with Crippen LogP contribution in [-0.4, -0.2) is 14.2 Å². The van der Waals surface area contributed by atoms with Crippen LogP contribution >= 0.6 is 0 Å². The Morgan fingerprint density at radius 1 is 0.950 bits per heavy atom. The Bertz CT molecular complexity index is 592. The molecule has 0 bridgehead atoms. The largest absolute Gasteiger partial charge is 0.493 e. The molecule has 0 unspecified atom stereocenters. The Morgan fingerprint density at radius 2 is 1.55 bits per heavy atom. The lowest BCUT2D eigenvalue weighted by atomic mass is 10.1. The molecule has 102 valence electrons. The van der Waals surface area contributed by atoms with Crippen molar-refractivity contribution in [1.82, 2.24) is 0 Å². The van der Waals surface area contributed by atoms with E-state index in [-0.39, 0.29) is 0 Å². The molecule has 0 saturated carbocycles. The Balaban J connectivity index is 2.15. The van der Waals surface area contributed by atoms with Crippen LogP contribution < -0.4 is 14.2 Å². The summed E-state index contributed by atoms with van der Waals surface area (Å²) in [5.74, 6) is 1.82. The Kier molecular flexibility index (Phi) is 4.46. The summed E-state index contributed by atoms with van der Waals surface area (Å²) in [6.45, 7) is 0.377. The zero-order chi connectivity index (χ0) is 14.4. The maximum absolute atomic E-state index is 8.76. The average molecular weight is 269 g/mol. The summed E-state index contributed by atoms with van der Waals surface area (Å²) in [6.07, 6.45) is 0. The second-order valence-electron chi connectivity index (χ2n) is 4.09.